The van der Waals surface area contributed by atoms with E-state index < -0.39 is 38.9 Å². The molecule has 0 bridgehead atoms. The average Bonchev–Trinajstić information content (AvgIpc) is 2.56. The molecule has 0 fully saturated rings. The van der Waals surface area contributed by atoms with Crippen LogP contribution in [0, 0.1) is 0 Å². The third-order valence-corrected chi connectivity index (χ3v) is 4.68. The predicted octanol–water partition coefficient (Wildman–Crippen LogP) is 1.70. The third kappa shape index (κ3) is 5.17. The highest BCUT2D eigenvalue weighted by Crippen LogP contribution is 2.29. The van der Waals surface area contributed by atoms with E-state index in [2.05, 4.69) is 4.72 Å². The van der Waals surface area contributed by atoms with E-state index >= 15 is 0 Å². The Morgan fingerprint density at radius 1 is 1.15 bits per heavy atom. The first-order chi connectivity index (χ1) is 12.1. The van der Waals surface area contributed by atoms with Crippen LogP contribution in [0.15, 0.2) is 52.3 Å². The molecule has 140 valence electrons. The number of hydrogen-bond donors (Lipinski definition) is 3. The third-order valence-electron chi connectivity index (χ3n) is 3.20. The van der Waals surface area contributed by atoms with Gasteiger partial charge in [-0.3, -0.25) is 9.59 Å². The van der Waals surface area contributed by atoms with E-state index in [9.17, 15) is 31.2 Å². The molecule has 26 heavy (non-hydrogen) atoms. The number of hydrogen-bond acceptors (Lipinski definition) is 4. The molecule has 0 radical (unpaired) electrons. The Labute approximate surface area is 146 Å². The number of sulfonamides is 1. The molecule has 1 aromatic carbocycles. The molecule has 2 rings (SSSR count). The lowest BCUT2D eigenvalue weighted by Crippen LogP contribution is -2.29. The van der Waals surface area contributed by atoms with Gasteiger partial charge in [0.2, 0.25) is 15.9 Å². The summed E-state index contributed by atoms with van der Waals surface area (Å²) in [5.41, 5.74) is -2.61. The molecule has 0 aliphatic rings. The van der Waals surface area contributed by atoms with Gasteiger partial charge in [0.15, 0.2) is 0 Å². The highest BCUT2D eigenvalue weighted by atomic mass is 32.2. The van der Waals surface area contributed by atoms with Crippen molar-refractivity contribution in [3.63, 3.8) is 0 Å². The number of benzene rings is 1. The topological polar surface area (TPSA) is 108 Å². The number of pyridine rings is 1. The highest BCUT2D eigenvalue weighted by molar-refractivity contribution is 7.89. The van der Waals surface area contributed by atoms with Crippen molar-refractivity contribution in [1.82, 2.24) is 9.71 Å². The zero-order chi connectivity index (χ0) is 19.4. The fourth-order valence-electron chi connectivity index (χ4n) is 1.93. The van der Waals surface area contributed by atoms with Crippen molar-refractivity contribution in [2.45, 2.75) is 17.5 Å². The molecule has 0 atom stereocenters. The van der Waals surface area contributed by atoms with Gasteiger partial charge in [-0.25, -0.2) is 13.1 Å². The van der Waals surface area contributed by atoms with Gasteiger partial charge in [0.1, 0.15) is 5.69 Å². The van der Waals surface area contributed by atoms with E-state index in [1.54, 1.807) is 6.07 Å². The minimum atomic E-state index is -4.69. The van der Waals surface area contributed by atoms with E-state index in [-0.39, 0.29) is 17.9 Å². The molecular weight excluding hydrogens is 375 g/mol. The lowest BCUT2D eigenvalue weighted by Gasteiger charge is -2.10. The largest absolute Gasteiger partial charge is 0.417 e. The van der Waals surface area contributed by atoms with E-state index in [4.69, 9.17) is 0 Å². The van der Waals surface area contributed by atoms with E-state index in [0.717, 1.165) is 0 Å². The second kappa shape index (κ2) is 7.70. The fourth-order valence-corrected chi connectivity index (χ4v) is 2.99. The van der Waals surface area contributed by atoms with Gasteiger partial charge in [0, 0.05) is 19.2 Å². The van der Waals surface area contributed by atoms with Crippen LogP contribution >= 0.6 is 0 Å². The fraction of sp³-hybridized carbons (Fsp3) is 0.200. The molecule has 1 aromatic heterocycles. The standard InChI is InChI=1S/C15H14F3N3O4S/c16-15(17,18)10-8-12(14(23)19-9-10)21-13(22)6-7-20-26(24,25)11-4-2-1-3-5-11/h1-5,8-9,20H,6-7H2,(H,19,23)(H,21,22). The monoisotopic (exact) mass is 389 g/mol. The minimum absolute atomic E-state index is 0.00901. The Hall–Kier alpha value is -2.66. The number of amides is 1. The van der Waals surface area contributed by atoms with Gasteiger partial charge >= 0.3 is 6.18 Å². The van der Waals surface area contributed by atoms with E-state index in [1.807, 2.05) is 10.3 Å². The minimum Gasteiger partial charge on any atom is -0.327 e. The number of halogens is 3. The van der Waals surface area contributed by atoms with Gasteiger partial charge in [0.05, 0.1) is 10.5 Å². The smallest absolute Gasteiger partial charge is 0.327 e. The van der Waals surface area contributed by atoms with Gasteiger partial charge in [0.25, 0.3) is 5.56 Å². The maximum Gasteiger partial charge on any atom is 0.417 e. The number of aromatic amines is 1. The van der Waals surface area contributed by atoms with Crippen molar-refractivity contribution in [1.29, 1.82) is 0 Å². The van der Waals surface area contributed by atoms with Crippen molar-refractivity contribution in [2.75, 3.05) is 11.9 Å². The number of aromatic nitrogens is 1. The zero-order valence-electron chi connectivity index (χ0n) is 13.1. The summed E-state index contributed by atoms with van der Waals surface area (Å²) < 4.78 is 64.0. The molecule has 0 saturated heterocycles. The lowest BCUT2D eigenvalue weighted by molar-refractivity contribution is -0.137. The number of rotatable bonds is 6. The summed E-state index contributed by atoms with van der Waals surface area (Å²) in [4.78, 5) is 25.2. The molecule has 0 aliphatic carbocycles. The molecule has 3 N–H and O–H groups in total. The zero-order valence-corrected chi connectivity index (χ0v) is 13.9. The molecule has 11 heteroatoms. The summed E-state index contributed by atoms with van der Waals surface area (Å²) in [6, 6.07) is 7.93. The van der Waals surface area contributed by atoms with Crippen molar-refractivity contribution in [3.8, 4) is 0 Å². The van der Waals surface area contributed by atoms with Crippen LogP contribution in [-0.4, -0.2) is 25.9 Å². The Morgan fingerprint density at radius 2 is 1.81 bits per heavy atom. The van der Waals surface area contributed by atoms with Crippen LogP contribution in [0.3, 0.4) is 0 Å². The maximum absolute atomic E-state index is 12.6. The summed E-state index contributed by atoms with van der Waals surface area (Å²) in [6.07, 6.45) is -4.57. The van der Waals surface area contributed by atoms with E-state index in [1.165, 1.54) is 24.3 Å². The second-order valence-electron chi connectivity index (χ2n) is 5.14. The van der Waals surface area contributed by atoms with Crippen molar-refractivity contribution < 1.29 is 26.4 Å². The number of H-pyrrole nitrogens is 1. The van der Waals surface area contributed by atoms with Crippen molar-refractivity contribution in [2.24, 2.45) is 0 Å². The Morgan fingerprint density at radius 3 is 2.42 bits per heavy atom. The Balaban J connectivity index is 1.97. The predicted molar refractivity (Wildman–Crippen MR) is 86.9 cm³/mol. The molecule has 0 unspecified atom stereocenters. The molecule has 0 spiro atoms. The first-order valence-corrected chi connectivity index (χ1v) is 8.72. The summed E-state index contributed by atoms with van der Waals surface area (Å²) in [5.74, 6) is -0.814. The lowest BCUT2D eigenvalue weighted by atomic mass is 10.2. The van der Waals surface area contributed by atoms with Crippen LogP contribution in [0.25, 0.3) is 0 Å². The summed E-state index contributed by atoms with van der Waals surface area (Å²) in [7, 11) is -3.81. The summed E-state index contributed by atoms with van der Waals surface area (Å²) in [6.45, 7) is -0.292. The number of carbonyl (C=O) groups excluding carboxylic acids is 1. The maximum atomic E-state index is 12.6. The van der Waals surface area contributed by atoms with Gasteiger partial charge in [-0.1, -0.05) is 18.2 Å². The number of carbonyl (C=O) groups is 1. The quantitative estimate of drug-likeness (QED) is 0.699. The van der Waals surface area contributed by atoms with Crippen LogP contribution in [0.4, 0.5) is 18.9 Å². The van der Waals surface area contributed by atoms with Crippen molar-refractivity contribution >= 4 is 21.6 Å². The van der Waals surface area contributed by atoms with E-state index in [0.29, 0.717) is 12.3 Å². The Kier molecular flexibility index (Phi) is 5.83. The molecule has 0 saturated carbocycles. The molecule has 2 aromatic rings. The first kappa shape index (κ1) is 19.7. The van der Waals surface area contributed by atoms with Gasteiger partial charge in [-0.05, 0) is 18.2 Å². The van der Waals surface area contributed by atoms with Gasteiger partial charge < -0.3 is 10.3 Å². The van der Waals surface area contributed by atoms with Gasteiger partial charge in [-0.15, -0.1) is 0 Å². The van der Waals surface area contributed by atoms with Crippen LogP contribution < -0.4 is 15.6 Å². The molecular formula is C15H14F3N3O4S. The first-order valence-electron chi connectivity index (χ1n) is 7.24. The summed E-state index contributed by atoms with van der Waals surface area (Å²) >= 11 is 0. The summed E-state index contributed by atoms with van der Waals surface area (Å²) in [5, 5.41) is 2.03. The van der Waals surface area contributed by atoms with Gasteiger partial charge in [-0.2, -0.15) is 13.2 Å². The molecule has 0 aliphatic heterocycles. The highest BCUT2D eigenvalue weighted by Gasteiger charge is 2.31. The number of anilines is 1. The van der Waals surface area contributed by atoms with Crippen LogP contribution in [0.2, 0.25) is 0 Å². The number of alkyl halides is 3. The Bertz CT molecular complexity index is 941. The molecule has 1 heterocycles. The SMILES string of the molecule is O=C(CCNS(=O)(=O)c1ccccc1)Nc1cc(C(F)(F)F)c[nH]c1=O. The normalized spacial score (nSPS) is 12.0. The van der Waals surface area contributed by atoms with Crippen LogP contribution in [-0.2, 0) is 21.0 Å². The second-order valence-corrected chi connectivity index (χ2v) is 6.90. The molecule has 1 amide bonds. The number of nitrogens with one attached hydrogen (secondary N) is 3. The van der Waals surface area contributed by atoms with Crippen molar-refractivity contribution in [3.05, 3.63) is 58.5 Å². The average molecular weight is 389 g/mol. The van der Waals surface area contributed by atoms with Crippen LogP contribution in [0.5, 0.6) is 0 Å². The van der Waals surface area contributed by atoms with Crippen LogP contribution in [0.1, 0.15) is 12.0 Å². The molecule has 7 nitrogen and oxygen atoms in total.